The lowest BCUT2D eigenvalue weighted by Crippen LogP contribution is -2.64. The molecule has 2 bridgehead atoms. The van der Waals surface area contributed by atoms with Gasteiger partial charge in [0, 0.05) is 39.0 Å². The molecule has 1 aromatic carbocycles. The summed E-state index contributed by atoms with van der Waals surface area (Å²) in [5, 5.41) is 32.5. The van der Waals surface area contributed by atoms with Crippen molar-refractivity contribution in [1.29, 1.82) is 0 Å². The fourth-order valence-electron chi connectivity index (χ4n) is 10.1. The molecular weight excluding hydrogens is 795 g/mol. The van der Waals surface area contributed by atoms with Gasteiger partial charge in [0.15, 0.2) is 0 Å². The van der Waals surface area contributed by atoms with E-state index in [1.165, 1.54) is 4.90 Å². The Balaban J connectivity index is 1.47. The Labute approximate surface area is 368 Å². The number of ether oxygens (including phenoxy) is 5. The van der Waals surface area contributed by atoms with Crippen LogP contribution in [0, 0.1) is 29.6 Å². The third-order valence-corrected chi connectivity index (χ3v) is 13.9. The van der Waals surface area contributed by atoms with E-state index in [9.17, 15) is 34.5 Å². The van der Waals surface area contributed by atoms with E-state index in [-0.39, 0.29) is 61.9 Å². The number of benzene rings is 1. The fourth-order valence-corrected chi connectivity index (χ4v) is 10.1. The van der Waals surface area contributed by atoms with Crippen molar-refractivity contribution in [2.45, 2.75) is 174 Å². The molecule has 3 N–H and O–H groups in total. The van der Waals surface area contributed by atoms with Crippen LogP contribution in [0.5, 0.6) is 5.75 Å². The first-order valence-corrected chi connectivity index (χ1v) is 23.0. The van der Waals surface area contributed by atoms with Gasteiger partial charge in [0.1, 0.15) is 35.9 Å². The Bertz CT molecular complexity index is 1740. The lowest BCUT2D eigenvalue weighted by atomic mass is 9.82. The van der Waals surface area contributed by atoms with Gasteiger partial charge in [-0.15, -0.1) is 0 Å². The summed E-state index contributed by atoms with van der Waals surface area (Å²) in [5.41, 5.74) is 2.61. The van der Waals surface area contributed by atoms with E-state index in [1.807, 2.05) is 27.7 Å². The number of hydrogen-bond acceptors (Lipinski definition) is 12. The van der Waals surface area contributed by atoms with Crippen LogP contribution in [-0.4, -0.2) is 113 Å². The molecule has 3 heterocycles. The monoisotopic (exact) mass is 868 g/mol. The van der Waals surface area contributed by atoms with Gasteiger partial charge in [-0.3, -0.25) is 14.4 Å². The molecule has 13 nitrogen and oxygen atoms in total. The zero-order valence-corrected chi connectivity index (χ0v) is 38.3. The predicted molar refractivity (Wildman–Crippen MR) is 233 cm³/mol. The number of fused-ring (bicyclic) bond motifs is 3. The highest BCUT2D eigenvalue weighted by Crippen LogP contribution is 2.39. The van der Waals surface area contributed by atoms with Crippen LogP contribution in [0.25, 0.3) is 0 Å². The Kier molecular flexibility index (Phi) is 17.9. The topological polar surface area (TPSA) is 178 Å². The van der Waals surface area contributed by atoms with Crippen molar-refractivity contribution in [3.8, 4) is 5.75 Å². The van der Waals surface area contributed by atoms with Gasteiger partial charge in [0.05, 0.1) is 24.9 Å². The maximum Gasteiger partial charge on any atom is 0.329 e. The van der Waals surface area contributed by atoms with E-state index in [0.717, 1.165) is 16.7 Å². The summed E-state index contributed by atoms with van der Waals surface area (Å²) in [7, 11) is 3.09. The molecular formula is C49H73NO12. The van der Waals surface area contributed by atoms with Crippen LogP contribution in [-0.2, 0) is 44.7 Å². The molecule has 1 amide bonds. The minimum atomic E-state index is -2.49. The fraction of sp³-hybridized carbons (Fsp3) is 0.714. The Morgan fingerprint density at radius 1 is 0.935 bits per heavy atom. The number of esters is 1. The maximum atomic E-state index is 14.4. The van der Waals surface area contributed by atoms with Crippen LogP contribution in [0.1, 0.15) is 124 Å². The van der Waals surface area contributed by atoms with Gasteiger partial charge in [-0.25, -0.2) is 4.79 Å². The van der Waals surface area contributed by atoms with Crippen molar-refractivity contribution < 1.29 is 58.2 Å². The highest BCUT2D eigenvalue weighted by molar-refractivity contribution is 6.39. The van der Waals surface area contributed by atoms with Crippen LogP contribution in [0.3, 0.4) is 0 Å². The number of methoxy groups -OCH3 is 2. The number of carbonyl (C=O) groups excluding carboxylic acids is 4. The number of cyclic esters (lactones) is 1. The van der Waals surface area contributed by atoms with Crippen molar-refractivity contribution in [2.24, 2.45) is 29.6 Å². The largest absolute Gasteiger partial charge is 0.488 e. The third kappa shape index (κ3) is 12.0. The van der Waals surface area contributed by atoms with E-state index in [4.69, 9.17) is 23.7 Å². The van der Waals surface area contributed by atoms with Gasteiger partial charge in [-0.2, -0.15) is 0 Å². The SMILES string of the molecule is CCC1C=C(C)CC(C)CC(OC)C2OC(O)(C(=O)C(=O)N3CCCCC3C(=O)OC(C(C)=CC3CCC(O)C(Oc4ccc(CO)cc4)C3)C(C)CCC1=O)C(C)CC2OC. The second-order valence-corrected chi connectivity index (χ2v) is 18.7. The van der Waals surface area contributed by atoms with Crippen LogP contribution >= 0.6 is 0 Å². The van der Waals surface area contributed by atoms with E-state index < -0.39 is 72.0 Å². The standard InChI is InChI=1S/C49H73NO12/c1-9-36-23-29(2)22-30(3)24-42(58-7)45-43(59-8)26-33(6)49(57,62-45)46(54)47(55)50-21-11-10-12-38(50)48(56)61-44(31(4)13-19-39(36)52)32(5)25-35-16-20-40(53)41(27-35)60-37-17-14-34(28-51)15-18-37/h14-15,17-18,23,25,30-31,33,35-36,38,40-45,51,53,57H,9-13,16,19-22,24,26-28H2,1-8H3. The van der Waals surface area contributed by atoms with E-state index in [2.05, 4.69) is 19.1 Å². The second-order valence-electron chi connectivity index (χ2n) is 18.7. The van der Waals surface area contributed by atoms with Crippen LogP contribution in [0.4, 0.5) is 0 Å². The molecule has 5 rings (SSSR count). The average Bonchev–Trinajstić information content (AvgIpc) is 3.26. The second kappa shape index (κ2) is 22.4. The predicted octanol–water partition coefficient (Wildman–Crippen LogP) is 6.43. The molecule has 1 saturated carbocycles. The van der Waals surface area contributed by atoms with Crippen LogP contribution in [0.15, 0.2) is 47.6 Å². The Morgan fingerprint density at radius 2 is 1.63 bits per heavy atom. The Hall–Kier alpha value is -3.46. The lowest BCUT2D eigenvalue weighted by molar-refractivity contribution is -0.302. The van der Waals surface area contributed by atoms with Crippen molar-refractivity contribution in [3.63, 3.8) is 0 Å². The molecule has 0 spiro atoms. The summed E-state index contributed by atoms with van der Waals surface area (Å²) in [6, 6.07) is 6.04. The molecule has 13 atom stereocenters. The van der Waals surface area contributed by atoms with E-state index in [1.54, 1.807) is 45.4 Å². The molecule has 0 aromatic heterocycles. The molecule has 13 unspecified atom stereocenters. The average molecular weight is 868 g/mol. The first-order valence-electron chi connectivity index (χ1n) is 23.0. The molecule has 62 heavy (non-hydrogen) atoms. The highest BCUT2D eigenvalue weighted by atomic mass is 16.7. The zero-order valence-electron chi connectivity index (χ0n) is 38.3. The number of carbonyl (C=O) groups is 4. The molecule has 3 fully saturated rings. The molecule has 4 aliphatic rings. The summed E-state index contributed by atoms with van der Waals surface area (Å²) < 4.78 is 30.7. The van der Waals surface area contributed by atoms with Crippen molar-refractivity contribution in [3.05, 3.63) is 53.1 Å². The Morgan fingerprint density at radius 3 is 2.29 bits per heavy atom. The van der Waals surface area contributed by atoms with Crippen LogP contribution in [0.2, 0.25) is 0 Å². The lowest BCUT2D eigenvalue weighted by Gasteiger charge is -2.47. The number of aliphatic hydroxyl groups excluding tert-OH is 2. The molecule has 2 saturated heterocycles. The normalized spacial score (nSPS) is 36.5. The van der Waals surface area contributed by atoms with Gasteiger partial charge in [0.2, 0.25) is 5.79 Å². The summed E-state index contributed by atoms with van der Waals surface area (Å²) in [6.07, 6.45) is 6.21. The van der Waals surface area contributed by atoms with Crippen LogP contribution < -0.4 is 4.74 Å². The smallest absolute Gasteiger partial charge is 0.329 e. The number of nitrogens with zero attached hydrogens (tertiary/aromatic N) is 1. The van der Waals surface area contributed by atoms with Gasteiger partial charge in [-0.05, 0) is 125 Å². The number of piperidine rings is 1. The van der Waals surface area contributed by atoms with E-state index in [0.29, 0.717) is 63.5 Å². The number of ketones is 2. The summed E-state index contributed by atoms with van der Waals surface area (Å²) in [5.74, 6) is -5.89. The minimum absolute atomic E-state index is 0.0133. The van der Waals surface area contributed by atoms with Crippen molar-refractivity contribution >= 4 is 23.4 Å². The van der Waals surface area contributed by atoms with Gasteiger partial charge in [0.25, 0.3) is 11.7 Å². The molecule has 3 aliphatic heterocycles. The molecule has 13 heteroatoms. The van der Waals surface area contributed by atoms with Crippen molar-refractivity contribution in [2.75, 3.05) is 20.8 Å². The first-order chi connectivity index (χ1) is 29.5. The summed E-state index contributed by atoms with van der Waals surface area (Å²) in [6.45, 7) is 11.7. The minimum Gasteiger partial charge on any atom is -0.488 e. The molecule has 1 aliphatic carbocycles. The van der Waals surface area contributed by atoms with Gasteiger partial charge < -0.3 is 43.9 Å². The van der Waals surface area contributed by atoms with E-state index >= 15 is 0 Å². The number of hydrogen-bond donors (Lipinski definition) is 3. The molecule has 0 radical (unpaired) electrons. The first kappa shape index (κ1) is 49.6. The maximum absolute atomic E-state index is 14.4. The zero-order chi connectivity index (χ0) is 45.3. The number of allylic oxidation sites excluding steroid dienone is 3. The number of rotatable bonds is 8. The summed E-state index contributed by atoms with van der Waals surface area (Å²) >= 11 is 0. The molecule has 1 aromatic rings. The van der Waals surface area contributed by atoms with Gasteiger partial charge >= 0.3 is 5.97 Å². The third-order valence-electron chi connectivity index (χ3n) is 13.9. The quantitative estimate of drug-likeness (QED) is 0.149. The molecule has 346 valence electrons. The number of amides is 1. The van der Waals surface area contributed by atoms with Gasteiger partial charge in [-0.1, -0.05) is 57.6 Å². The van der Waals surface area contributed by atoms with Crippen molar-refractivity contribution in [1.82, 2.24) is 4.90 Å². The number of Topliss-reactive ketones (excluding diaryl/α,β-unsaturated/α-hetero) is 2. The highest BCUT2D eigenvalue weighted by Gasteiger charge is 2.56. The number of aliphatic hydroxyl groups is 3. The summed E-state index contributed by atoms with van der Waals surface area (Å²) in [4.78, 5) is 58.2.